The zero-order valence-electron chi connectivity index (χ0n) is 11.8. The molecule has 2 N–H and O–H groups in total. The van der Waals surface area contributed by atoms with Crippen LogP contribution in [-0.2, 0) is 14.3 Å². The first kappa shape index (κ1) is 15.3. The second-order valence-corrected chi connectivity index (χ2v) is 5.26. The van der Waals surface area contributed by atoms with Crippen molar-refractivity contribution in [3.63, 3.8) is 0 Å². The lowest BCUT2D eigenvalue weighted by Gasteiger charge is -2.28. The zero-order chi connectivity index (χ0) is 15.2. The minimum Gasteiger partial charge on any atom is -0.465 e. The lowest BCUT2D eigenvalue weighted by molar-refractivity contribution is -0.147. The molecule has 0 aromatic heterocycles. The second-order valence-electron chi connectivity index (χ2n) is 5.26. The Balaban J connectivity index is 2.14. The van der Waals surface area contributed by atoms with Gasteiger partial charge in [-0.2, -0.15) is 0 Å². The van der Waals surface area contributed by atoms with Crippen molar-refractivity contribution in [2.75, 3.05) is 13.2 Å². The molecule has 2 atom stereocenters. The molecule has 116 valence electrons. The third-order valence-corrected chi connectivity index (χ3v) is 3.75. The quantitative estimate of drug-likeness (QED) is 0.553. The lowest BCUT2D eigenvalue weighted by atomic mass is 10.1. The number of esters is 1. The minimum absolute atomic E-state index is 0.150. The van der Waals surface area contributed by atoms with Gasteiger partial charge in [-0.15, -0.1) is 0 Å². The van der Waals surface area contributed by atoms with Crippen LogP contribution in [0, 0.1) is 0 Å². The molecule has 2 amide bonds. The van der Waals surface area contributed by atoms with Crippen LogP contribution in [0.25, 0.3) is 0 Å². The average Bonchev–Trinajstić information content (AvgIpc) is 2.89. The van der Waals surface area contributed by atoms with Crippen LogP contribution in [0.2, 0.25) is 0 Å². The Kier molecular flexibility index (Phi) is 5.19. The molecule has 7 heteroatoms. The highest BCUT2D eigenvalue weighted by molar-refractivity contribution is 5.86. The van der Waals surface area contributed by atoms with Gasteiger partial charge < -0.3 is 20.1 Å². The summed E-state index contributed by atoms with van der Waals surface area (Å²) in [5, 5.41) is 11.1. The number of cyclic esters (lactones) is 1. The lowest BCUT2D eigenvalue weighted by Crippen LogP contribution is -2.50. The van der Waals surface area contributed by atoms with Gasteiger partial charge in [0.15, 0.2) is 0 Å². The molecule has 0 saturated carbocycles. The summed E-state index contributed by atoms with van der Waals surface area (Å²) in [6, 6.07) is -0.933. The molecule has 2 rings (SSSR count). The first-order chi connectivity index (χ1) is 10.1. The van der Waals surface area contributed by atoms with E-state index in [4.69, 9.17) is 9.84 Å². The Morgan fingerprint density at radius 2 is 2.19 bits per heavy atom. The van der Waals surface area contributed by atoms with Gasteiger partial charge in [0, 0.05) is 13.0 Å². The predicted octanol–water partition coefficient (Wildman–Crippen LogP) is 0.897. The molecule has 0 aliphatic carbocycles. The summed E-state index contributed by atoms with van der Waals surface area (Å²) in [7, 11) is 0. The van der Waals surface area contributed by atoms with Gasteiger partial charge in [0.25, 0.3) is 0 Å². The van der Waals surface area contributed by atoms with E-state index in [1.54, 1.807) is 17.1 Å². The molecule has 0 spiro atoms. The Hall–Kier alpha value is -2.05. The summed E-state index contributed by atoms with van der Waals surface area (Å²) < 4.78 is 5.19. The molecule has 0 unspecified atom stereocenters. The fourth-order valence-electron chi connectivity index (χ4n) is 2.68. The number of carbonyl (C=O) groups excluding carboxylic acids is 2. The fraction of sp³-hybridized carbons (Fsp3) is 0.643. The van der Waals surface area contributed by atoms with E-state index in [0.29, 0.717) is 25.8 Å². The van der Waals surface area contributed by atoms with Gasteiger partial charge in [-0.3, -0.25) is 9.59 Å². The number of hydrogen-bond donors (Lipinski definition) is 2. The third-order valence-electron chi connectivity index (χ3n) is 3.75. The number of amides is 2. The van der Waals surface area contributed by atoms with Crippen LogP contribution in [0.15, 0.2) is 12.2 Å². The van der Waals surface area contributed by atoms with Crippen LogP contribution >= 0.6 is 0 Å². The Labute approximate surface area is 122 Å². The summed E-state index contributed by atoms with van der Waals surface area (Å²) in [5.41, 5.74) is 0. The minimum atomic E-state index is -1.21. The fourth-order valence-corrected chi connectivity index (χ4v) is 2.68. The highest BCUT2D eigenvalue weighted by atomic mass is 16.5. The monoisotopic (exact) mass is 296 g/mol. The SMILES string of the molecule is O=C(O)N[C@@H]1CC=CCCC(=O)OC[C@@H]2CCCN2C1=O. The molecule has 0 bridgehead atoms. The maximum atomic E-state index is 12.5. The van der Waals surface area contributed by atoms with Gasteiger partial charge in [0.2, 0.25) is 5.91 Å². The summed E-state index contributed by atoms with van der Waals surface area (Å²) >= 11 is 0. The van der Waals surface area contributed by atoms with Crippen molar-refractivity contribution >= 4 is 18.0 Å². The molecular weight excluding hydrogens is 276 g/mol. The van der Waals surface area contributed by atoms with Crippen molar-refractivity contribution in [2.45, 2.75) is 44.2 Å². The van der Waals surface area contributed by atoms with Gasteiger partial charge in [0.05, 0.1) is 6.04 Å². The van der Waals surface area contributed by atoms with E-state index in [2.05, 4.69) is 5.32 Å². The summed E-state index contributed by atoms with van der Waals surface area (Å²) in [5.74, 6) is -0.513. The van der Waals surface area contributed by atoms with E-state index in [1.807, 2.05) is 0 Å². The zero-order valence-corrected chi connectivity index (χ0v) is 11.8. The third kappa shape index (κ3) is 4.21. The van der Waals surface area contributed by atoms with Crippen LogP contribution in [0.4, 0.5) is 4.79 Å². The topological polar surface area (TPSA) is 95.9 Å². The van der Waals surface area contributed by atoms with Crippen molar-refractivity contribution in [2.24, 2.45) is 0 Å². The molecule has 0 radical (unpaired) electrons. The molecule has 2 aliphatic rings. The molecule has 1 saturated heterocycles. The largest absolute Gasteiger partial charge is 0.465 e. The van der Waals surface area contributed by atoms with Gasteiger partial charge in [0.1, 0.15) is 12.6 Å². The van der Waals surface area contributed by atoms with E-state index in [-0.39, 0.29) is 24.5 Å². The number of rotatable bonds is 1. The second kappa shape index (κ2) is 7.10. The van der Waals surface area contributed by atoms with Gasteiger partial charge in [-0.05, 0) is 25.7 Å². The summed E-state index contributed by atoms with van der Waals surface area (Å²) in [6.45, 7) is 0.761. The smallest absolute Gasteiger partial charge is 0.405 e. The highest BCUT2D eigenvalue weighted by Crippen LogP contribution is 2.20. The predicted molar refractivity (Wildman–Crippen MR) is 73.6 cm³/mol. The normalized spacial score (nSPS) is 27.3. The molecule has 7 nitrogen and oxygen atoms in total. The number of nitrogens with one attached hydrogen (secondary N) is 1. The summed E-state index contributed by atoms with van der Waals surface area (Å²) in [4.78, 5) is 36.5. The molecule has 0 aromatic rings. The van der Waals surface area contributed by atoms with Crippen LogP contribution < -0.4 is 5.32 Å². The standard InChI is InChI=1S/C14H20N2O5/c17-12-7-3-1-2-6-11(15-14(19)20)13(18)16-8-4-5-10(16)9-21-12/h1-2,10-11,15H,3-9H2,(H,19,20)/t10-,11+/m0/s1. The van der Waals surface area contributed by atoms with Gasteiger partial charge >= 0.3 is 12.1 Å². The van der Waals surface area contributed by atoms with E-state index in [9.17, 15) is 14.4 Å². The summed E-state index contributed by atoms with van der Waals surface area (Å²) in [6.07, 6.45) is 5.03. The Morgan fingerprint density at radius 3 is 2.95 bits per heavy atom. The number of carboxylic acid groups (broad SMARTS) is 1. The number of fused-ring (bicyclic) bond motifs is 1. The molecule has 2 heterocycles. The Bertz CT molecular complexity index is 449. The van der Waals surface area contributed by atoms with E-state index in [0.717, 1.165) is 12.8 Å². The average molecular weight is 296 g/mol. The van der Waals surface area contributed by atoms with Crippen molar-refractivity contribution in [1.29, 1.82) is 0 Å². The molecule has 2 aliphatic heterocycles. The van der Waals surface area contributed by atoms with E-state index in [1.165, 1.54) is 0 Å². The van der Waals surface area contributed by atoms with Crippen molar-refractivity contribution in [3.8, 4) is 0 Å². The Morgan fingerprint density at radius 1 is 1.38 bits per heavy atom. The molecular formula is C14H20N2O5. The first-order valence-corrected chi connectivity index (χ1v) is 7.18. The number of carbonyl (C=O) groups is 3. The maximum Gasteiger partial charge on any atom is 0.405 e. The van der Waals surface area contributed by atoms with Crippen molar-refractivity contribution in [1.82, 2.24) is 10.2 Å². The molecule has 0 aromatic carbocycles. The number of hydrogen-bond acceptors (Lipinski definition) is 4. The van der Waals surface area contributed by atoms with Crippen LogP contribution in [-0.4, -0.2) is 53.2 Å². The van der Waals surface area contributed by atoms with Gasteiger partial charge in [-0.1, -0.05) is 12.2 Å². The first-order valence-electron chi connectivity index (χ1n) is 7.18. The maximum absolute atomic E-state index is 12.5. The van der Waals surface area contributed by atoms with Crippen LogP contribution in [0.5, 0.6) is 0 Å². The molecule has 21 heavy (non-hydrogen) atoms. The van der Waals surface area contributed by atoms with Crippen molar-refractivity contribution < 1.29 is 24.2 Å². The van der Waals surface area contributed by atoms with E-state index >= 15 is 0 Å². The number of ether oxygens (including phenoxy) is 1. The van der Waals surface area contributed by atoms with Crippen LogP contribution in [0.1, 0.15) is 32.1 Å². The number of allylic oxidation sites excluding steroid dienone is 1. The highest BCUT2D eigenvalue weighted by Gasteiger charge is 2.34. The number of nitrogens with zero attached hydrogens (tertiary/aromatic N) is 1. The van der Waals surface area contributed by atoms with E-state index < -0.39 is 12.1 Å². The van der Waals surface area contributed by atoms with Crippen LogP contribution in [0.3, 0.4) is 0 Å². The molecule has 1 fully saturated rings. The van der Waals surface area contributed by atoms with Gasteiger partial charge in [-0.25, -0.2) is 4.79 Å². The van der Waals surface area contributed by atoms with Crippen molar-refractivity contribution in [3.05, 3.63) is 12.2 Å².